The van der Waals surface area contributed by atoms with Crippen molar-refractivity contribution in [2.75, 3.05) is 18.8 Å². The van der Waals surface area contributed by atoms with E-state index in [1.807, 2.05) is 29.2 Å². The molecule has 1 aliphatic rings. The Morgan fingerprint density at radius 3 is 2.74 bits per heavy atom. The van der Waals surface area contributed by atoms with Crippen LogP contribution in [0, 0.1) is 5.92 Å². The molecule has 3 nitrogen and oxygen atoms in total. The fourth-order valence-corrected chi connectivity index (χ4v) is 2.36. The summed E-state index contributed by atoms with van der Waals surface area (Å²) < 4.78 is 0. The summed E-state index contributed by atoms with van der Waals surface area (Å²) >= 11 is 0. The number of benzene rings is 1. The van der Waals surface area contributed by atoms with Crippen molar-refractivity contribution in [3.63, 3.8) is 0 Å². The molecule has 0 radical (unpaired) electrons. The average molecular weight is 260 g/mol. The van der Waals surface area contributed by atoms with E-state index in [0.29, 0.717) is 6.42 Å². The van der Waals surface area contributed by atoms with Crippen LogP contribution in [0.25, 0.3) is 0 Å². The number of rotatable bonds is 7. The maximum Gasteiger partial charge on any atom is 0.222 e. The highest BCUT2D eigenvalue weighted by atomic mass is 16.2. The van der Waals surface area contributed by atoms with E-state index in [1.165, 1.54) is 12.8 Å². The molecule has 19 heavy (non-hydrogen) atoms. The number of amides is 1. The van der Waals surface area contributed by atoms with Gasteiger partial charge in [0.2, 0.25) is 5.91 Å². The van der Waals surface area contributed by atoms with Crippen molar-refractivity contribution in [1.82, 2.24) is 4.90 Å². The summed E-state index contributed by atoms with van der Waals surface area (Å²) in [5.41, 5.74) is 7.78. The Morgan fingerprint density at radius 1 is 1.37 bits per heavy atom. The number of nitrogens with zero attached hydrogens (tertiary/aromatic N) is 1. The first kappa shape index (κ1) is 13.9. The van der Waals surface area contributed by atoms with Crippen LogP contribution in [0.15, 0.2) is 24.3 Å². The maximum atomic E-state index is 12.3. The van der Waals surface area contributed by atoms with Crippen molar-refractivity contribution >= 4 is 11.6 Å². The first-order valence-electron chi connectivity index (χ1n) is 7.32. The van der Waals surface area contributed by atoms with E-state index in [-0.39, 0.29) is 5.91 Å². The minimum Gasteiger partial charge on any atom is -0.399 e. The summed E-state index contributed by atoms with van der Waals surface area (Å²) in [7, 11) is 0. The Bertz CT molecular complexity index is 427. The lowest BCUT2D eigenvalue weighted by atomic mass is 10.1. The molecule has 0 spiro atoms. The van der Waals surface area contributed by atoms with Gasteiger partial charge in [0.15, 0.2) is 0 Å². The highest BCUT2D eigenvalue weighted by molar-refractivity contribution is 5.76. The molecule has 1 aliphatic carbocycles. The summed E-state index contributed by atoms with van der Waals surface area (Å²) in [6, 6.07) is 7.81. The molecule has 1 amide bonds. The Morgan fingerprint density at radius 2 is 2.11 bits per heavy atom. The average Bonchev–Trinajstić information content (AvgIpc) is 3.21. The number of carbonyl (C=O) groups excluding carboxylic acids is 1. The highest BCUT2D eigenvalue weighted by Crippen LogP contribution is 2.30. The molecule has 1 fully saturated rings. The van der Waals surface area contributed by atoms with Gasteiger partial charge in [0.1, 0.15) is 0 Å². The van der Waals surface area contributed by atoms with E-state index >= 15 is 0 Å². The van der Waals surface area contributed by atoms with Gasteiger partial charge in [-0.15, -0.1) is 0 Å². The SMILES string of the molecule is CCCN(CC1CC1)C(=O)CCc1ccccc1N. The lowest BCUT2D eigenvalue weighted by Crippen LogP contribution is -2.33. The predicted molar refractivity (Wildman–Crippen MR) is 78.8 cm³/mol. The van der Waals surface area contributed by atoms with Gasteiger partial charge >= 0.3 is 0 Å². The molecule has 0 saturated heterocycles. The Labute approximate surface area is 115 Å². The predicted octanol–water partition coefficient (Wildman–Crippen LogP) is 2.85. The fourth-order valence-electron chi connectivity index (χ4n) is 2.36. The van der Waals surface area contributed by atoms with E-state index < -0.39 is 0 Å². The standard InChI is InChI=1S/C16H24N2O/c1-2-11-18(12-13-7-8-13)16(19)10-9-14-5-3-4-6-15(14)17/h3-6,13H,2,7-12,17H2,1H3. The van der Waals surface area contributed by atoms with Gasteiger partial charge in [-0.05, 0) is 43.2 Å². The lowest BCUT2D eigenvalue weighted by molar-refractivity contribution is -0.131. The number of hydrogen-bond donors (Lipinski definition) is 1. The van der Waals surface area contributed by atoms with Crippen LogP contribution in [0.5, 0.6) is 0 Å². The number of para-hydroxylation sites is 1. The van der Waals surface area contributed by atoms with Crippen LogP contribution in [0.1, 0.15) is 38.2 Å². The summed E-state index contributed by atoms with van der Waals surface area (Å²) in [6.07, 6.45) is 4.93. The minimum atomic E-state index is 0.275. The molecule has 0 atom stereocenters. The van der Waals surface area contributed by atoms with Crippen molar-refractivity contribution in [3.8, 4) is 0 Å². The molecule has 0 aromatic heterocycles. The van der Waals surface area contributed by atoms with Crippen LogP contribution in [0.4, 0.5) is 5.69 Å². The molecule has 0 unspecified atom stereocenters. The second kappa shape index (κ2) is 6.60. The third kappa shape index (κ3) is 4.27. The fraction of sp³-hybridized carbons (Fsp3) is 0.562. The van der Waals surface area contributed by atoms with Crippen molar-refractivity contribution in [3.05, 3.63) is 29.8 Å². The molecule has 0 aliphatic heterocycles. The van der Waals surface area contributed by atoms with Crippen molar-refractivity contribution in [2.24, 2.45) is 5.92 Å². The van der Waals surface area contributed by atoms with Crippen LogP contribution in [0.2, 0.25) is 0 Å². The van der Waals surface area contributed by atoms with Crippen LogP contribution >= 0.6 is 0 Å². The van der Waals surface area contributed by atoms with Crippen molar-refractivity contribution in [2.45, 2.75) is 39.0 Å². The van der Waals surface area contributed by atoms with Crippen LogP contribution in [0.3, 0.4) is 0 Å². The number of nitrogens with two attached hydrogens (primary N) is 1. The zero-order valence-electron chi connectivity index (χ0n) is 11.8. The molecule has 0 heterocycles. The minimum absolute atomic E-state index is 0.275. The first-order valence-corrected chi connectivity index (χ1v) is 7.32. The Hall–Kier alpha value is -1.51. The second-order valence-electron chi connectivity index (χ2n) is 5.48. The number of carbonyl (C=O) groups is 1. The van der Waals surface area contributed by atoms with Crippen LogP contribution in [-0.4, -0.2) is 23.9 Å². The molecule has 0 bridgehead atoms. The quantitative estimate of drug-likeness (QED) is 0.766. The van der Waals surface area contributed by atoms with Gasteiger partial charge in [0, 0.05) is 25.2 Å². The molecular formula is C16H24N2O. The van der Waals surface area contributed by atoms with Crippen molar-refractivity contribution < 1.29 is 4.79 Å². The molecule has 2 rings (SSSR count). The van der Waals surface area contributed by atoms with Crippen molar-refractivity contribution in [1.29, 1.82) is 0 Å². The number of anilines is 1. The summed E-state index contributed by atoms with van der Waals surface area (Å²) in [4.78, 5) is 14.3. The Kier molecular flexibility index (Phi) is 4.83. The largest absolute Gasteiger partial charge is 0.399 e. The topological polar surface area (TPSA) is 46.3 Å². The zero-order valence-corrected chi connectivity index (χ0v) is 11.8. The number of hydrogen-bond acceptors (Lipinski definition) is 2. The van der Waals surface area contributed by atoms with Gasteiger partial charge in [-0.1, -0.05) is 25.1 Å². The van der Waals surface area contributed by atoms with E-state index in [0.717, 1.165) is 43.1 Å². The summed E-state index contributed by atoms with van der Waals surface area (Å²) in [6.45, 7) is 3.97. The molecular weight excluding hydrogens is 236 g/mol. The molecule has 1 aromatic carbocycles. The van der Waals surface area contributed by atoms with Gasteiger partial charge in [0.25, 0.3) is 0 Å². The first-order chi connectivity index (χ1) is 9.20. The van der Waals surface area contributed by atoms with E-state index in [2.05, 4.69) is 6.92 Å². The molecule has 2 N–H and O–H groups in total. The van der Waals surface area contributed by atoms with E-state index in [9.17, 15) is 4.79 Å². The summed E-state index contributed by atoms with van der Waals surface area (Å²) in [5.74, 6) is 1.04. The zero-order chi connectivity index (χ0) is 13.7. The molecule has 3 heteroatoms. The van der Waals surface area contributed by atoms with Gasteiger partial charge < -0.3 is 10.6 Å². The van der Waals surface area contributed by atoms with E-state index in [4.69, 9.17) is 5.73 Å². The Balaban J connectivity index is 1.85. The van der Waals surface area contributed by atoms with Gasteiger partial charge in [-0.3, -0.25) is 4.79 Å². The third-order valence-corrected chi connectivity index (χ3v) is 3.69. The van der Waals surface area contributed by atoms with E-state index in [1.54, 1.807) is 0 Å². The normalized spacial score (nSPS) is 14.4. The smallest absolute Gasteiger partial charge is 0.222 e. The summed E-state index contributed by atoms with van der Waals surface area (Å²) in [5, 5.41) is 0. The van der Waals surface area contributed by atoms with Gasteiger partial charge in [0.05, 0.1) is 0 Å². The molecule has 1 aromatic rings. The van der Waals surface area contributed by atoms with Crippen LogP contribution < -0.4 is 5.73 Å². The molecule has 1 saturated carbocycles. The monoisotopic (exact) mass is 260 g/mol. The lowest BCUT2D eigenvalue weighted by Gasteiger charge is -2.22. The van der Waals surface area contributed by atoms with Gasteiger partial charge in [-0.2, -0.15) is 0 Å². The number of aryl methyl sites for hydroxylation is 1. The van der Waals surface area contributed by atoms with Gasteiger partial charge in [-0.25, -0.2) is 0 Å². The van der Waals surface area contributed by atoms with Crippen LogP contribution in [-0.2, 0) is 11.2 Å². The number of nitrogen functional groups attached to an aromatic ring is 1. The second-order valence-corrected chi connectivity index (χ2v) is 5.48. The highest BCUT2D eigenvalue weighted by Gasteiger charge is 2.26. The maximum absolute atomic E-state index is 12.3. The third-order valence-electron chi connectivity index (χ3n) is 3.69. The molecule has 104 valence electrons.